The van der Waals surface area contributed by atoms with Crippen LogP contribution in [0.1, 0.15) is 11.1 Å². The number of carbonyl (C=O) groups is 2. The number of hydrogen-bond donors (Lipinski definition) is 0. The lowest BCUT2D eigenvalue weighted by Crippen LogP contribution is -2.45. The molecule has 0 N–H and O–H groups in total. The molecule has 1 unspecified atom stereocenters. The molecule has 0 aromatic heterocycles. The molecule has 0 bridgehead atoms. The Labute approximate surface area is 162 Å². The van der Waals surface area contributed by atoms with E-state index < -0.39 is 0 Å². The summed E-state index contributed by atoms with van der Waals surface area (Å²) in [4.78, 5) is 28.7. The van der Waals surface area contributed by atoms with Crippen LogP contribution in [0.4, 0.5) is 4.79 Å². The third-order valence-electron chi connectivity index (χ3n) is 4.57. The van der Waals surface area contributed by atoms with E-state index in [-0.39, 0.29) is 23.9 Å². The van der Waals surface area contributed by atoms with E-state index in [9.17, 15) is 9.59 Å². The standard InChI is InChI=1S/C21H20N2O3S/c24-20(26-15-17-9-5-2-6-10-17)18-14-23-19(27-18)11-12-22(21(23)25)13-16-7-3-1-4-8-16/h1-11,18H,12-15H2. The summed E-state index contributed by atoms with van der Waals surface area (Å²) >= 11 is 1.41. The molecule has 2 heterocycles. The van der Waals surface area contributed by atoms with Gasteiger partial charge in [-0.15, -0.1) is 0 Å². The fraction of sp³-hybridized carbons (Fsp3) is 0.238. The van der Waals surface area contributed by atoms with Crippen LogP contribution in [0.5, 0.6) is 0 Å². The van der Waals surface area contributed by atoms with Crippen LogP contribution >= 0.6 is 11.8 Å². The van der Waals surface area contributed by atoms with E-state index in [0.29, 0.717) is 19.6 Å². The number of rotatable bonds is 5. The molecule has 0 aliphatic carbocycles. The highest BCUT2D eigenvalue weighted by Gasteiger charge is 2.40. The molecule has 2 aliphatic rings. The molecule has 4 rings (SSSR count). The smallest absolute Gasteiger partial charge is 0.325 e. The Hall–Kier alpha value is -2.73. The van der Waals surface area contributed by atoms with Crippen LogP contribution < -0.4 is 0 Å². The van der Waals surface area contributed by atoms with Crippen LogP contribution in [0.25, 0.3) is 0 Å². The van der Waals surface area contributed by atoms with Crippen LogP contribution in [-0.4, -0.2) is 40.1 Å². The number of amides is 2. The van der Waals surface area contributed by atoms with E-state index in [1.54, 1.807) is 9.80 Å². The van der Waals surface area contributed by atoms with Crippen LogP contribution in [0.2, 0.25) is 0 Å². The molecule has 0 spiro atoms. The summed E-state index contributed by atoms with van der Waals surface area (Å²) in [6, 6.07) is 19.5. The molecule has 0 saturated carbocycles. The first-order valence-corrected chi connectivity index (χ1v) is 9.76. The van der Waals surface area contributed by atoms with Gasteiger partial charge in [0.2, 0.25) is 0 Å². The predicted molar refractivity (Wildman–Crippen MR) is 105 cm³/mol. The van der Waals surface area contributed by atoms with Crippen molar-refractivity contribution in [1.82, 2.24) is 9.80 Å². The summed E-state index contributed by atoms with van der Waals surface area (Å²) in [6.45, 7) is 1.73. The van der Waals surface area contributed by atoms with Crippen molar-refractivity contribution in [3.63, 3.8) is 0 Å². The monoisotopic (exact) mass is 380 g/mol. The SMILES string of the molecule is O=C(OCc1ccccc1)C1CN2C(=O)N(Cc3ccccc3)CC=C2S1. The minimum Gasteiger partial charge on any atom is -0.460 e. The molecule has 27 heavy (non-hydrogen) atoms. The molecular weight excluding hydrogens is 360 g/mol. The van der Waals surface area contributed by atoms with Gasteiger partial charge in [-0.3, -0.25) is 9.69 Å². The van der Waals surface area contributed by atoms with Crippen molar-refractivity contribution < 1.29 is 14.3 Å². The maximum atomic E-state index is 12.8. The molecule has 0 radical (unpaired) electrons. The lowest BCUT2D eigenvalue weighted by atomic mass is 10.2. The maximum Gasteiger partial charge on any atom is 0.325 e. The summed E-state index contributed by atoms with van der Waals surface area (Å²) < 4.78 is 5.44. The maximum absolute atomic E-state index is 12.8. The van der Waals surface area contributed by atoms with E-state index in [0.717, 1.165) is 16.2 Å². The second kappa shape index (κ2) is 7.88. The van der Waals surface area contributed by atoms with Gasteiger partial charge < -0.3 is 9.64 Å². The Kier molecular flexibility index (Phi) is 5.16. The van der Waals surface area contributed by atoms with Crippen LogP contribution in [0, 0.1) is 0 Å². The van der Waals surface area contributed by atoms with Crippen molar-refractivity contribution in [3.8, 4) is 0 Å². The normalized spacial score (nSPS) is 18.9. The Morgan fingerprint density at radius 1 is 1.04 bits per heavy atom. The number of thioether (sulfide) groups is 1. The van der Waals surface area contributed by atoms with Gasteiger partial charge in [-0.25, -0.2) is 4.79 Å². The van der Waals surface area contributed by atoms with Crippen LogP contribution in [0.3, 0.4) is 0 Å². The van der Waals surface area contributed by atoms with Gasteiger partial charge in [0.25, 0.3) is 0 Å². The molecule has 1 atom stereocenters. The number of benzene rings is 2. The van der Waals surface area contributed by atoms with Gasteiger partial charge >= 0.3 is 12.0 Å². The molecule has 1 saturated heterocycles. The molecular formula is C21H20N2O3S. The molecule has 5 nitrogen and oxygen atoms in total. The van der Waals surface area contributed by atoms with E-state index in [2.05, 4.69) is 0 Å². The fourth-order valence-electron chi connectivity index (χ4n) is 3.15. The topological polar surface area (TPSA) is 49.9 Å². The van der Waals surface area contributed by atoms with Crippen LogP contribution in [-0.2, 0) is 22.7 Å². The van der Waals surface area contributed by atoms with Crippen molar-refractivity contribution >= 4 is 23.8 Å². The third-order valence-corrected chi connectivity index (χ3v) is 5.82. The largest absolute Gasteiger partial charge is 0.460 e. The van der Waals surface area contributed by atoms with Gasteiger partial charge in [-0.1, -0.05) is 72.4 Å². The second-order valence-corrected chi connectivity index (χ2v) is 7.72. The van der Waals surface area contributed by atoms with Crippen molar-refractivity contribution in [1.29, 1.82) is 0 Å². The lowest BCUT2D eigenvalue weighted by Gasteiger charge is -2.31. The van der Waals surface area contributed by atoms with Crippen molar-refractivity contribution in [2.75, 3.05) is 13.1 Å². The summed E-state index contributed by atoms with van der Waals surface area (Å²) in [6.07, 6.45) is 2.01. The number of esters is 1. The molecule has 2 aromatic rings. The highest BCUT2D eigenvalue weighted by atomic mass is 32.2. The van der Waals surface area contributed by atoms with Gasteiger partial charge in [0.15, 0.2) is 0 Å². The summed E-state index contributed by atoms with van der Waals surface area (Å²) in [7, 11) is 0. The molecule has 1 fully saturated rings. The van der Waals surface area contributed by atoms with Gasteiger partial charge in [0, 0.05) is 13.1 Å². The van der Waals surface area contributed by atoms with Crippen molar-refractivity contribution in [2.45, 2.75) is 18.4 Å². The Bertz CT molecular complexity index is 854. The zero-order valence-electron chi connectivity index (χ0n) is 14.8. The Morgan fingerprint density at radius 3 is 2.41 bits per heavy atom. The van der Waals surface area contributed by atoms with Gasteiger partial charge in [0.1, 0.15) is 11.9 Å². The van der Waals surface area contributed by atoms with E-state index in [1.165, 1.54) is 11.8 Å². The predicted octanol–water partition coefficient (Wildman–Crippen LogP) is 3.62. The number of fused-ring (bicyclic) bond motifs is 1. The summed E-state index contributed by atoms with van der Waals surface area (Å²) in [5.41, 5.74) is 2.05. The quantitative estimate of drug-likeness (QED) is 0.744. The fourth-order valence-corrected chi connectivity index (χ4v) is 4.28. The average Bonchev–Trinajstić information content (AvgIpc) is 3.15. The van der Waals surface area contributed by atoms with Crippen molar-refractivity contribution in [2.24, 2.45) is 0 Å². The summed E-state index contributed by atoms with van der Waals surface area (Å²) in [5.74, 6) is -0.276. The van der Waals surface area contributed by atoms with Crippen molar-refractivity contribution in [3.05, 3.63) is 82.9 Å². The van der Waals surface area contributed by atoms with E-state index in [1.807, 2.05) is 66.7 Å². The molecule has 138 valence electrons. The van der Waals surface area contributed by atoms with Gasteiger partial charge in [0.05, 0.1) is 11.6 Å². The highest BCUT2D eigenvalue weighted by molar-refractivity contribution is 8.04. The van der Waals surface area contributed by atoms with E-state index >= 15 is 0 Å². The van der Waals surface area contributed by atoms with Gasteiger partial charge in [-0.05, 0) is 17.2 Å². The molecule has 2 aliphatic heterocycles. The minimum absolute atomic E-state index is 0.0535. The average molecular weight is 380 g/mol. The van der Waals surface area contributed by atoms with Crippen LogP contribution in [0.15, 0.2) is 71.8 Å². The Morgan fingerprint density at radius 2 is 1.70 bits per heavy atom. The zero-order chi connectivity index (χ0) is 18.6. The first kappa shape index (κ1) is 17.7. The number of carbonyl (C=O) groups excluding carboxylic acids is 2. The minimum atomic E-state index is -0.374. The molecule has 6 heteroatoms. The third kappa shape index (κ3) is 4.01. The van der Waals surface area contributed by atoms with Gasteiger partial charge in [-0.2, -0.15) is 0 Å². The highest BCUT2D eigenvalue weighted by Crippen LogP contribution is 2.37. The van der Waals surface area contributed by atoms with E-state index in [4.69, 9.17) is 4.74 Å². The number of urea groups is 1. The second-order valence-electron chi connectivity index (χ2n) is 6.50. The zero-order valence-corrected chi connectivity index (χ0v) is 15.6. The number of ether oxygens (including phenoxy) is 1. The number of hydrogen-bond acceptors (Lipinski definition) is 4. The number of nitrogens with zero attached hydrogens (tertiary/aromatic N) is 2. The molecule has 2 amide bonds. The lowest BCUT2D eigenvalue weighted by molar-refractivity contribution is -0.144. The Balaban J connectivity index is 1.36. The molecule has 2 aromatic carbocycles. The first-order valence-electron chi connectivity index (χ1n) is 8.88. The first-order chi connectivity index (χ1) is 13.2. The summed E-state index contributed by atoms with van der Waals surface area (Å²) in [5, 5.41) is 0.478.